The minimum Gasteiger partial charge on any atom is -0.492 e. The zero-order chi connectivity index (χ0) is 23.4. The summed E-state index contributed by atoms with van der Waals surface area (Å²) in [5.74, 6) is 1.92. The summed E-state index contributed by atoms with van der Waals surface area (Å²) < 4.78 is 8.19. The third kappa shape index (κ3) is 6.82. The molecule has 5 heteroatoms. The van der Waals surface area contributed by atoms with Crippen LogP contribution < -0.4 is 10.1 Å². The Labute approximate surface area is 201 Å². The molecule has 1 aromatic heterocycles. The van der Waals surface area contributed by atoms with Crippen molar-refractivity contribution >= 4 is 23.0 Å². The molecule has 0 radical (unpaired) electrons. The summed E-state index contributed by atoms with van der Waals surface area (Å²) >= 11 is 0. The third-order valence-corrected chi connectivity index (χ3v) is 5.66. The van der Waals surface area contributed by atoms with E-state index >= 15 is 0 Å². The van der Waals surface area contributed by atoms with Crippen molar-refractivity contribution in [1.29, 1.82) is 0 Å². The highest BCUT2D eigenvalue weighted by atomic mass is 16.5. The second-order valence-corrected chi connectivity index (χ2v) is 8.18. The maximum atomic E-state index is 12.0. The molecule has 4 rings (SSSR count). The number of carbonyl (C=O) groups is 1. The molecule has 0 unspecified atom stereocenters. The van der Waals surface area contributed by atoms with E-state index in [2.05, 4.69) is 28.1 Å². The molecular formula is C29H31N3O2. The fourth-order valence-electron chi connectivity index (χ4n) is 3.93. The fourth-order valence-corrected chi connectivity index (χ4v) is 3.93. The second-order valence-electron chi connectivity index (χ2n) is 8.18. The van der Waals surface area contributed by atoms with Crippen molar-refractivity contribution in [2.45, 2.75) is 32.2 Å². The van der Waals surface area contributed by atoms with Crippen molar-refractivity contribution in [2.24, 2.45) is 0 Å². The maximum absolute atomic E-state index is 12.0. The minimum absolute atomic E-state index is 0.0518. The van der Waals surface area contributed by atoms with Gasteiger partial charge in [0.15, 0.2) is 0 Å². The Bertz CT molecular complexity index is 1200. The smallest absolute Gasteiger partial charge is 0.243 e. The highest BCUT2D eigenvalue weighted by Crippen LogP contribution is 2.18. The van der Waals surface area contributed by atoms with Crippen LogP contribution in [0.5, 0.6) is 5.75 Å². The number of ether oxygens (including phenoxy) is 1. The van der Waals surface area contributed by atoms with Gasteiger partial charge in [-0.25, -0.2) is 4.98 Å². The Morgan fingerprint density at radius 2 is 1.62 bits per heavy atom. The van der Waals surface area contributed by atoms with Crippen LogP contribution in [0.25, 0.3) is 17.1 Å². The lowest BCUT2D eigenvalue weighted by Gasteiger charge is -2.11. The van der Waals surface area contributed by atoms with Crippen LogP contribution in [-0.4, -0.2) is 28.6 Å². The van der Waals surface area contributed by atoms with Crippen molar-refractivity contribution in [3.05, 3.63) is 102 Å². The molecule has 0 atom stereocenters. The Morgan fingerprint density at radius 3 is 2.44 bits per heavy atom. The minimum atomic E-state index is -0.0518. The molecule has 1 N–H and O–H groups in total. The molecule has 3 aromatic carbocycles. The van der Waals surface area contributed by atoms with E-state index in [0.717, 1.165) is 60.4 Å². The number of carbonyl (C=O) groups excluding carboxylic acids is 1. The van der Waals surface area contributed by atoms with Crippen molar-refractivity contribution < 1.29 is 9.53 Å². The number of hydrogen-bond acceptors (Lipinski definition) is 3. The zero-order valence-electron chi connectivity index (χ0n) is 19.4. The number of amides is 1. The van der Waals surface area contributed by atoms with E-state index in [9.17, 15) is 4.79 Å². The predicted molar refractivity (Wildman–Crippen MR) is 138 cm³/mol. The van der Waals surface area contributed by atoms with Crippen molar-refractivity contribution in [3.63, 3.8) is 0 Å². The second kappa shape index (κ2) is 12.4. The van der Waals surface area contributed by atoms with Crippen LogP contribution >= 0.6 is 0 Å². The lowest BCUT2D eigenvalue weighted by Crippen LogP contribution is -2.22. The van der Waals surface area contributed by atoms with Gasteiger partial charge in [0, 0.05) is 19.0 Å². The number of aryl methyl sites for hydroxylation is 1. The lowest BCUT2D eigenvalue weighted by molar-refractivity contribution is -0.116. The molecule has 0 spiro atoms. The number of nitrogens with one attached hydrogen (secondary N) is 1. The maximum Gasteiger partial charge on any atom is 0.243 e. The molecule has 0 aliphatic carbocycles. The van der Waals surface area contributed by atoms with Crippen molar-refractivity contribution in [1.82, 2.24) is 14.9 Å². The van der Waals surface area contributed by atoms with Gasteiger partial charge in [0.1, 0.15) is 18.2 Å². The summed E-state index contributed by atoms with van der Waals surface area (Å²) in [4.78, 5) is 16.9. The first kappa shape index (κ1) is 23.3. The van der Waals surface area contributed by atoms with Gasteiger partial charge in [-0.3, -0.25) is 4.79 Å². The van der Waals surface area contributed by atoms with Gasteiger partial charge in [-0.15, -0.1) is 0 Å². The van der Waals surface area contributed by atoms with Gasteiger partial charge in [0.05, 0.1) is 17.6 Å². The molecule has 0 bridgehead atoms. The molecule has 34 heavy (non-hydrogen) atoms. The van der Waals surface area contributed by atoms with E-state index in [1.807, 2.05) is 72.8 Å². The Kier molecular flexibility index (Phi) is 8.50. The first-order chi connectivity index (χ1) is 16.8. The van der Waals surface area contributed by atoms with Gasteiger partial charge >= 0.3 is 0 Å². The standard InChI is InChI=1S/C29H31N3O2/c33-29(20-19-24-12-4-1-5-13-24)30-21-11-3-8-18-28-31-26-16-9-10-17-27(26)32(28)22-23-34-25-14-6-2-7-15-25/h1-2,4-7,9-10,12-17,19-20H,3,8,11,18,21-23H2,(H,30,33)/b20-19+. The van der Waals surface area contributed by atoms with Gasteiger partial charge in [0.25, 0.3) is 0 Å². The Balaban J connectivity index is 1.22. The molecule has 0 saturated heterocycles. The quantitative estimate of drug-likeness (QED) is 0.222. The highest BCUT2D eigenvalue weighted by molar-refractivity contribution is 5.91. The summed E-state index contributed by atoms with van der Waals surface area (Å²) in [6.07, 6.45) is 7.34. The number of para-hydroxylation sites is 3. The predicted octanol–water partition coefficient (Wildman–Crippen LogP) is 5.66. The SMILES string of the molecule is O=C(/C=C/c1ccccc1)NCCCCCc1nc2ccccc2n1CCOc1ccccc1. The number of aromatic nitrogens is 2. The molecule has 0 saturated carbocycles. The van der Waals surface area contributed by atoms with E-state index in [-0.39, 0.29) is 5.91 Å². The van der Waals surface area contributed by atoms with Gasteiger partial charge < -0.3 is 14.6 Å². The molecule has 0 aliphatic heterocycles. The van der Waals surface area contributed by atoms with Crippen molar-refractivity contribution in [3.8, 4) is 5.75 Å². The molecular weight excluding hydrogens is 422 g/mol. The summed E-state index contributed by atoms with van der Waals surface area (Å²) in [7, 11) is 0. The first-order valence-electron chi connectivity index (χ1n) is 11.9. The lowest BCUT2D eigenvalue weighted by atomic mass is 10.2. The Hall–Kier alpha value is -3.86. The van der Waals surface area contributed by atoms with Crippen LogP contribution in [0.15, 0.2) is 91.0 Å². The fraction of sp³-hybridized carbons (Fsp3) is 0.241. The van der Waals surface area contributed by atoms with Crippen LogP contribution in [-0.2, 0) is 17.8 Å². The van der Waals surface area contributed by atoms with E-state index in [4.69, 9.17) is 9.72 Å². The van der Waals surface area contributed by atoms with Crippen LogP contribution in [0.3, 0.4) is 0 Å². The zero-order valence-corrected chi connectivity index (χ0v) is 19.4. The van der Waals surface area contributed by atoms with Crippen LogP contribution in [0.1, 0.15) is 30.7 Å². The van der Waals surface area contributed by atoms with E-state index in [0.29, 0.717) is 13.2 Å². The average Bonchev–Trinajstić information content (AvgIpc) is 3.23. The van der Waals surface area contributed by atoms with E-state index < -0.39 is 0 Å². The molecule has 5 nitrogen and oxygen atoms in total. The third-order valence-electron chi connectivity index (χ3n) is 5.66. The topological polar surface area (TPSA) is 56.2 Å². The Morgan fingerprint density at radius 1 is 0.882 bits per heavy atom. The number of unbranched alkanes of at least 4 members (excludes halogenated alkanes) is 2. The number of hydrogen-bond donors (Lipinski definition) is 1. The van der Waals surface area contributed by atoms with Crippen LogP contribution in [0.4, 0.5) is 0 Å². The van der Waals surface area contributed by atoms with Crippen LogP contribution in [0, 0.1) is 0 Å². The van der Waals surface area contributed by atoms with Gasteiger partial charge in [-0.1, -0.05) is 67.1 Å². The monoisotopic (exact) mass is 453 g/mol. The van der Waals surface area contributed by atoms with E-state index in [1.54, 1.807) is 6.08 Å². The molecule has 0 fully saturated rings. The average molecular weight is 454 g/mol. The molecule has 4 aromatic rings. The summed E-state index contributed by atoms with van der Waals surface area (Å²) in [6.45, 7) is 2.04. The number of nitrogens with zero attached hydrogens (tertiary/aromatic N) is 2. The summed E-state index contributed by atoms with van der Waals surface area (Å²) in [5.41, 5.74) is 3.19. The molecule has 0 aliphatic rings. The molecule has 174 valence electrons. The van der Waals surface area contributed by atoms with Gasteiger partial charge in [0.2, 0.25) is 5.91 Å². The summed E-state index contributed by atoms with van der Waals surface area (Å²) in [5, 5.41) is 2.96. The van der Waals surface area contributed by atoms with Crippen molar-refractivity contribution in [2.75, 3.05) is 13.2 Å². The highest BCUT2D eigenvalue weighted by Gasteiger charge is 2.10. The van der Waals surface area contributed by atoms with Gasteiger partial charge in [-0.2, -0.15) is 0 Å². The van der Waals surface area contributed by atoms with Crippen LogP contribution in [0.2, 0.25) is 0 Å². The number of fused-ring (bicyclic) bond motifs is 1. The normalized spacial score (nSPS) is 11.2. The van der Waals surface area contributed by atoms with E-state index in [1.165, 1.54) is 0 Å². The molecule has 1 heterocycles. The molecule has 1 amide bonds. The van der Waals surface area contributed by atoms with Gasteiger partial charge in [-0.05, 0) is 48.7 Å². The summed E-state index contributed by atoms with van der Waals surface area (Å²) in [6, 6.07) is 28.0. The number of benzene rings is 3. The largest absolute Gasteiger partial charge is 0.492 e. The first-order valence-corrected chi connectivity index (χ1v) is 11.9. The number of rotatable bonds is 12. The number of imidazole rings is 1.